The molecule has 1 aliphatic heterocycles. The number of carbonyl (C=O) groups is 1. The van der Waals surface area contributed by atoms with Crippen LogP contribution in [0.4, 0.5) is 8.78 Å². The average Bonchev–Trinajstić information content (AvgIpc) is 3.48. The van der Waals surface area contributed by atoms with E-state index in [1.165, 1.54) is 23.3 Å². The van der Waals surface area contributed by atoms with Gasteiger partial charge in [0.2, 0.25) is 5.91 Å². The number of nitriles is 2. The zero-order valence-electron chi connectivity index (χ0n) is 19.9. The molecule has 0 N–H and O–H groups in total. The molecule has 0 unspecified atom stereocenters. The van der Waals surface area contributed by atoms with E-state index in [0.29, 0.717) is 55.0 Å². The van der Waals surface area contributed by atoms with Gasteiger partial charge in [-0.25, -0.2) is 13.8 Å². The summed E-state index contributed by atoms with van der Waals surface area (Å²) in [5, 5.41) is 25.0. The molecule has 5 rings (SSSR count). The highest BCUT2D eigenvalue weighted by Gasteiger charge is 2.37. The lowest BCUT2D eigenvalue weighted by Crippen LogP contribution is -2.37. The van der Waals surface area contributed by atoms with Gasteiger partial charge in [0.25, 0.3) is 0 Å². The monoisotopic (exact) mass is 489 g/mol. The first kappa shape index (κ1) is 23.9. The van der Waals surface area contributed by atoms with E-state index in [9.17, 15) is 24.1 Å². The molecule has 1 saturated carbocycles. The molecule has 7 nitrogen and oxygen atoms in total. The number of rotatable bonds is 4. The SMILES string of the molecule is Cc1nn(C[C@H]2CC[C@H](C(=O)N3OCC[C@H]3c3cc(F)cc(C#N)c3)CC2)c2cc(C#N)c(F)cc12. The minimum absolute atomic E-state index is 0.00156. The Labute approximate surface area is 207 Å². The second kappa shape index (κ2) is 9.67. The van der Waals surface area contributed by atoms with Crippen molar-refractivity contribution in [3.63, 3.8) is 0 Å². The second-order valence-electron chi connectivity index (χ2n) is 9.63. The van der Waals surface area contributed by atoms with Crippen LogP contribution in [0.2, 0.25) is 0 Å². The minimum Gasteiger partial charge on any atom is -0.272 e. The number of aromatic nitrogens is 2. The molecule has 0 spiro atoms. The zero-order chi connectivity index (χ0) is 25.4. The lowest BCUT2D eigenvalue weighted by molar-refractivity contribution is -0.183. The Morgan fingerprint density at radius 3 is 2.58 bits per heavy atom. The number of halogens is 2. The molecule has 0 bridgehead atoms. The summed E-state index contributed by atoms with van der Waals surface area (Å²) in [6, 6.07) is 10.5. The maximum absolute atomic E-state index is 14.1. The predicted molar refractivity (Wildman–Crippen MR) is 126 cm³/mol. The number of aryl methyl sites for hydroxylation is 1. The third-order valence-electron chi connectivity index (χ3n) is 7.33. The normalized spacial score (nSPS) is 21.9. The molecule has 2 fully saturated rings. The van der Waals surface area contributed by atoms with Crippen LogP contribution in [0.15, 0.2) is 30.3 Å². The van der Waals surface area contributed by atoms with Crippen molar-refractivity contribution in [2.24, 2.45) is 11.8 Å². The van der Waals surface area contributed by atoms with Gasteiger partial charge < -0.3 is 0 Å². The van der Waals surface area contributed by atoms with Crippen molar-refractivity contribution in [3.8, 4) is 12.1 Å². The van der Waals surface area contributed by atoms with Crippen molar-refractivity contribution in [3.05, 3.63) is 64.4 Å². The first-order valence-corrected chi connectivity index (χ1v) is 12.1. The summed E-state index contributed by atoms with van der Waals surface area (Å²) in [6.45, 7) is 2.82. The quantitative estimate of drug-likeness (QED) is 0.510. The Morgan fingerprint density at radius 1 is 1.08 bits per heavy atom. The molecule has 36 heavy (non-hydrogen) atoms. The summed E-state index contributed by atoms with van der Waals surface area (Å²) < 4.78 is 29.9. The number of benzene rings is 2. The van der Waals surface area contributed by atoms with Gasteiger partial charge in [-0.05, 0) is 74.4 Å². The van der Waals surface area contributed by atoms with Crippen LogP contribution in [0.3, 0.4) is 0 Å². The van der Waals surface area contributed by atoms with Crippen LogP contribution in [-0.2, 0) is 16.2 Å². The minimum atomic E-state index is -0.545. The van der Waals surface area contributed by atoms with E-state index in [1.54, 1.807) is 12.1 Å². The Balaban J connectivity index is 1.26. The van der Waals surface area contributed by atoms with Gasteiger partial charge in [0.1, 0.15) is 17.7 Å². The van der Waals surface area contributed by atoms with E-state index < -0.39 is 17.7 Å². The molecule has 3 aromatic rings. The fourth-order valence-electron chi connectivity index (χ4n) is 5.45. The number of carbonyl (C=O) groups excluding carboxylic acids is 1. The molecule has 1 amide bonds. The summed E-state index contributed by atoms with van der Waals surface area (Å²) in [5.41, 5.74) is 2.24. The van der Waals surface area contributed by atoms with Crippen molar-refractivity contribution in [2.45, 2.75) is 51.6 Å². The third-order valence-corrected chi connectivity index (χ3v) is 7.33. The number of hydroxylamine groups is 2. The molecule has 9 heteroatoms. The van der Waals surface area contributed by atoms with Gasteiger partial charge >= 0.3 is 0 Å². The van der Waals surface area contributed by atoms with Crippen LogP contribution >= 0.6 is 0 Å². The number of fused-ring (bicyclic) bond motifs is 1. The van der Waals surface area contributed by atoms with Gasteiger partial charge in [0.05, 0.1) is 41.1 Å². The fraction of sp³-hybridized carbons (Fsp3) is 0.407. The highest BCUT2D eigenvalue weighted by atomic mass is 19.1. The Bertz CT molecular complexity index is 1410. The van der Waals surface area contributed by atoms with E-state index >= 15 is 0 Å². The van der Waals surface area contributed by atoms with Crippen molar-refractivity contribution in [1.82, 2.24) is 14.8 Å². The van der Waals surface area contributed by atoms with Crippen LogP contribution in [0.5, 0.6) is 0 Å². The van der Waals surface area contributed by atoms with Gasteiger partial charge in [-0.15, -0.1) is 0 Å². The van der Waals surface area contributed by atoms with E-state index in [0.717, 1.165) is 18.4 Å². The lowest BCUT2D eigenvalue weighted by atomic mass is 9.81. The topological polar surface area (TPSA) is 94.9 Å². The summed E-state index contributed by atoms with van der Waals surface area (Å²) in [4.78, 5) is 19.0. The Hall–Kier alpha value is -3.82. The van der Waals surface area contributed by atoms with E-state index in [4.69, 9.17) is 4.84 Å². The second-order valence-corrected chi connectivity index (χ2v) is 9.63. The van der Waals surface area contributed by atoms with Crippen molar-refractivity contribution >= 4 is 16.8 Å². The highest BCUT2D eigenvalue weighted by molar-refractivity contribution is 5.83. The smallest absolute Gasteiger partial charge is 0.249 e. The van der Waals surface area contributed by atoms with Gasteiger partial charge in [-0.3, -0.25) is 14.3 Å². The summed E-state index contributed by atoms with van der Waals surface area (Å²) in [7, 11) is 0. The average molecular weight is 490 g/mol. The molecule has 184 valence electrons. The molecule has 1 saturated heterocycles. The molecule has 1 aromatic heterocycles. The maximum Gasteiger partial charge on any atom is 0.249 e. The molecule has 1 aliphatic carbocycles. The number of nitrogens with zero attached hydrogens (tertiary/aromatic N) is 5. The van der Waals surface area contributed by atoms with Gasteiger partial charge in [0, 0.05) is 24.3 Å². The molecule has 2 heterocycles. The fourth-order valence-corrected chi connectivity index (χ4v) is 5.45. The Morgan fingerprint density at radius 2 is 1.86 bits per heavy atom. The number of hydrogen-bond donors (Lipinski definition) is 0. The third kappa shape index (κ3) is 4.43. The van der Waals surface area contributed by atoms with Crippen molar-refractivity contribution < 1.29 is 18.4 Å². The van der Waals surface area contributed by atoms with Crippen LogP contribution in [0.25, 0.3) is 10.9 Å². The summed E-state index contributed by atoms with van der Waals surface area (Å²) >= 11 is 0. The van der Waals surface area contributed by atoms with Gasteiger partial charge in [0.15, 0.2) is 0 Å². The molecule has 2 aliphatic rings. The predicted octanol–water partition coefficient (Wildman–Crippen LogP) is 5.08. The standard InChI is InChI=1S/C27H25F2N5O2/c1-16-23-12-24(29)21(14-31)11-26(23)33(32-16)15-17-2-4-19(5-3-17)27(35)34-25(6-7-36-34)20-8-18(13-30)9-22(28)10-20/h8-12,17,19,25H,2-7,15H2,1H3/t17-,19-,25-/m0/s1. The first-order valence-electron chi connectivity index (χ1n) is 12.1. The van der Waals surface area contributed by atoms with E-state index in [-0.39, 0.29) is 23.0 Å². The lowest BCUT2D eigenvalue weighted by Gasteiger charge is -2.32. The molecule has 1 atom stereocenters. The van der Waals surface area contributed by atoms with Crippen LogP contribution < -0.4 is 0 Å². The number of hydrogen-bond acceptors (Lipinski definition) is 5. The number of amides is 1. The zero-order valence-corrected chi connectivity index (χ0v) is 19.9. The molecule has 0 radical (unpaired) electrons. The van der Waals surface area contributed by atoms with Crippen LogP contribution in [0, 0.1) is 53.1 Å². The summed E-state index contributed by atoms with van der Waals surface area (Å²) in [6.07, 6.45) is 3.57. The molecular weight excluding hydrogens is 464 g/mol. The van der Waals surface area contributed by atoms with E-state index in [1.807, 2.05) is 23.7 Å². The maximum atomic E-state index is 14.1. The van der Waals surface area contributed by atoms with Gasteiger partial charge in [-0.2, -0.15) is 15.6 Å². The largest absolute Gasteiger partial charge is 0.272 e. The summed E-state index contributed by atoms with van der Waals surface area (Å²) in [5.74, 6) is -1.05. The van der Waals surface area contributed by atoms with Crippen molar-refractivity contribution in [1.29, 1.82) is 10.5 Å². The van der Waals surface area contributed by atoms with Crippen LogP contribution in [-0.4, -0.2) is 27.4 Å². The van der Waals surface area contributed by atoms with Gasteiger partial charge in [-0.1, -0.05) is 0 Å². The van der Waals surface area contributed by atoms with E-state index in [2.05, 4.69) is 5.10 Å². The van der Waals surface area contributed by atoms with Crippen LogP contribution in [0.1, 0.15) is 60.5 Å². The molecular formula is C27H25F2N5O2. The first-order chi connectivity index (χ1) is 17.4. The highest BCUT2D eigenvalue weighted by Crippen LogP contribution is 2.37. The Kier molecular flexibility index (Phi) is 6.42. The van der Waals surface area contributed by atoms with Crippen molar-refractivity contribution in [2.75, 3.05) is 6.61 Å². The molecule has 2 aromatic carbocycles.